The Hall–Kier alpha value is -0.870. The lowest BCUT2D eigenvalue weighted by Crippen LogP contribution is -3.15. The van der Waals surface area contributed by atoms with E-state index in [2.05, 4.69) is 15.9 Å². The first-order chi connectivity index (χ1) is 7.49. The summed E-state index contributed by atoms with van der Waals surface area (Å²) >= 11 is 3.37. The van der Waals surface area contributed by atoms with Gasteiger partial charge >= 0.3 is 0 Å². The second-order valence-corrected chi connectivity index (χ2v) is 5.08. The van der Waals surface area contributed by atoms with Crippen LogP contribution in [0.1, 0.15) is 19.4 Å². The zero-order chi connectivity index (χ0) is 12.1. The second-order valence-electron chi connectivity index (χ2n) is 4.16. The van der Waals surface area contributed by atoms with E-state index in [1.54, 1.807) is 0 Å². The van der Waals surface area contributed by atoms with Crippen LogP contribution in [-0.2, 0) is 11.3 Å². The molecule has 1 unspecified atom stereocenters. The molecule has 4 heteroatoms. The van der Waals surface area contributed by atoms with Gasteiger partial charge < -0.3 is 14.8 Å². The lowest BCUT2D eigenvalue weighted by Gasteiger charge is -2.23. The van der Waals surface area contributed by atoms with E-state index in [1.807, 2.05) is 38.1 Å². The first-order valence-electron chi connectivity index (χ1n) is 5.28. The molecule has 1 aromatic rings. The van der Waals surface area contributed by atoms with Gasteiger partial charge in [-0.2, -0.15) is 0 Å². The molecule has 1 rings (SSSR count). The van der Waals surface area contributed by atoms with Crippen LogP contribution >= 0.6 is 15.9 Å². The average Bonchev–Trinajstić information content (AvgIpc) is 2.19. The molecule has 0 spiro atoms. The number of hydrogen-bond donors (Lipinski definition) is 1. The average molecular weight is 286 g/mol. The summed E-state index contributed by atoms with van der Waals surface area (Å²) in [5.74, 6) is -0.999. The molecule has 3 nitrogen and oxygen atoms in total. The Morgan fingerprint density at radius 2 is 1.94 bits per heavy atom. The molecule has 0 radical (unpaired) electrons. The van der Waals surface area contributed by atoms with Crippen molar-refractivity contribution in [1.82, 2.24) is 0 Å². The van der Waals surface area contributed by atoms with E-state index in [9.17, 15) is 9.90 Å². The van der Waals surface area contributed by atoms with Gasteiger partial charge in [-0.05, 0) is 26.0 Å². The van der Waals surface area contributed by atoms with Gasteiger partial charge in [-0.3, -0.25) is 0 Å². The van der Waals surface area contributed by atoms with Crippen LogP contribution in [0.4, 0.5) is 0 Å². The molecule has 0 aliphatic heterocycles. The van der Waals surface area contributed by atoms with Gasteiger partial charge in [0.1, 0.15) is 13.1 Å². The van der Waals surface area contributed by atoms with Crippen molar-refractivity contribution in [2.45, 2.75) is 26.4 Å². The maximum Gasteiger partial charge on any atom is 0.118 e. The summed E-state index contributed by atoms with van der Waals surface area (Å²) in [5, 5.41) is 10.6. The van der Waals surface area contributed by atoms with Crippen molar-refractivity contribution in [3.05, 3.63) is 34.3 Å². The van der Waals surface area contributed by atoms with E-state index in [1.165, 1.54) is 0 Å². The predicted molar refractivity (Wildman–Crippen MR) is 63.8 cm³/mol. The van der Waals surface area contributed by atoms with Crippen LogP contribution in [0.15, 0.2) is 28.7 Å². The van der Waals surface area contributed by atoms with Crippen molar-refractivity contribution in [3.63, 3.8) is 0 Å². The fraction of sp³-hybridized carbons (Fsp3) is 0.417. The minimum Gasteiger partial charge on any atom is -0.544 e. The number of halogens is 1. The zero-order valence-electron chi connectivity index (χ0n) is 9.50. The van der Waals surface area contributed by atoms with Gasteiger partial charge in [-0.1, -0.05) is 28.1 Å². The monoisotopic (exact) mass is 285 g/mol. The Morgan fingerprint density at radius 1 is 1.38 bits per heavy atom. The molecule has 16 heavy (non-hydrogen) atoms. The highest BCUT2D eigenvalue weighted by molar-refractivity contribution is 9.10. The fourth-order valence-electron chi connectivity index (χ4n) is 1.52. The van der Waals surface area contributed by atoms with Crippen molar-refractivity contribution in [2.24, 2.45) is 0 Å². The van der Waals surface area contributed by atoms with E-state index in [0.717, 1.165) is 14.9 Å². The van der Waals surface area contributed by atoms with Gasteiger partial charge in [-0.15, -0.1) is 0 Å². The van der Waals surface area contributed by atoms with E-state index < -0.39 is 5.97 Å². The number of carboxylic acids is 1. The van der Waals surface area contributed by atoms with Gasteiger partial charge in [0, 0.05) is 10.0 Å². The summed E-state index contributed by atoms with van der Waals surface area (Å²) in [5.41, 5.74) is 1.13. The molecule has 1 N–H and O–H groups in total. The lowest BCUT2D eigenvalue weighted by molar-refractivity contribution is -0.929. The molecule has 0 aromatic heterocycles. The summed E-state index contributed by atoms with van der Waals surface area (Å²) in [7, 11) is 0. The largest absolute Gasteiger partial charge is 0.544 e. The van der Waals surface area contributed by atoms with E-state index in [-0.39, 0.29) is 12.6 Å². The van der Waals surface area contributed by atoms with Crippen LogP contribution in [0.5, 0.6) is 0 Å². The predicted octanol–water partition coefficient (Wildman–Crippen LogP) is -0.00770. The zero-order valence-corrected chi connectivity index (χ0v) is 11.1. The molecule has 0 fully saturated rings. The third kappa shape index (κ3) is 4.33. The number of nitrogens with one attached hydrogen (secondary N) is 1. The molecule has 0 saturated heterocycles. The number of hydrogen-bond acceptors (Lipinski definition) is 2. The maximum absolute atomic E-state index is 10.6. The molecule has 0 amide bonds. The number of carbonyl (C=O) groups is 1. The van der Waals surface area contributed by atoms with Crippen LogP contribution in [0, 0.1) is 0 Å². The van der Waals surface area contributed by atoms with Crippen LogP contribution in [0.3, 0.4) is 0 Å². The summed E-state index contributed by atoms with van der Waals surface area (Å²) in [6.45, 7) is 4.78. The van der Waals surface area contributed by atoms with Gasteiger partial charge in [0.05, 0.1) is 12.0 Å². The molecule has 0 heterocycles. The number of quaternary nitrogens is 1. The van der Waals surface area contributed by atoms with E-state index in [4.69, 9.17) is 0 Å². The highest BCUT2D eigenvalue weighted by Gasteiger charge is 2.13. The van der Waals surface area contributed by atoms with Gasteiger partial charge in [0.15, 0.2) is 0 Å². The molecule has 0 aliphatic rings. The van der Waals surface area contributed by atoms with Gasteiger partial charge in [-0.25, -0.2) is 0 Å². The first kappa shape index (κ1) is 13.2. The van der Waals surface area contributed by atoms with Crippen LogP contribution in [0.25, 0.3) is 0 Å². The molecule has 0 saturated carbocycles. The van der Waals surface area contributed by atoms with E-state index >= 15 is 0 Å². The quantitative estimate of drug-likeness (QED) is 0.827. The maximum atomic E-state index is 10.6. The first-order valence-corrected chi connectivity index (χ1v) is 6.07. The highest BCUT2D eigenvalue weighted by Crippen LogP contribution is 2.09. The molecule has 0 aliphatic carbocycles. The molecule has 1 aromatic carbocycles. The Balaban J connectivity index is 2.67. The third-order valence-corrected chi connectivity index (χ3v) is 3.06. The van der Waals surface area contributed by atoms with Crippen molar-refractivity contribution in [2.75, 3.05) is 6.54 Å². The smallest absolute Gasteiger partial charge is 0.118 e. The Labute approximate surface area is 104 Å². The van der Waals surface area contributed by atoms with Crippen LogP contribution in [-0.4, -0.2) is 18.6 Å². The van der Waals surface area contributed by atoms with Crippen molar-refractivity contribution in [1.29, 1.82) is 0 Å². The van der Waals surface area contributed by atoms with Crippen molar-refractivity contribution < 1.29 is 14.8 Å². The minimum atomic E-state index is -0.999. The van der Waals surface area contributed by atoms with Gasteiger partial charge in [0.2, 0.25) is 0 Å². The topological polar surface area (TPSA) is 44.6 Å². The number of rotatable bonds is 5. The Morgan fingerprint density at radius 3 is 2.38 bits per heavy atom. The standard InChI is InChI=1S/C12H16BrNO2/c1-9(2)14(8-12(15)16)7-10-3-5-11(13)6-4-10/h3-6,9H,7-8H2,1-2H3,(H,15,16). The van der Waals surface area contributed by atoms with Crippen molar-refractivity contribution in [3.8, 4) is 0 Å². The minimum absolute atomic E-state index is 0.0493. The number of benzene rings is 1. The molecule has 0 bridgehead atoms. The Kier molecular flexibility index (Phi) is 4.96. The molecule has 88 valence electrons. The van der Waals surface area contributed by atoms with Crippen LogP contribution in [0.2, 0.25) is 0 Å². The van der Waals surface area contributed by atoms with Gasteiger partial charge in [0.25, 0.3) is 0 Å². The summed E-state index contributed by atoms with van der Waals surface area (Å²) < 4.78 is 1.03. The SMILES string of the molecule is CC(C)[NH+](CC(=O)[O-])Cc1ccc(Br)cc1. The van der Waals surface area contributed by atoms with Crippen molar-refractivity contribution >= 4 is 21.9 Å². The summed E-state index contributed by atoms with van der Waals surface area (Å²) in [4.78, 5) is 11.6. The molecule has 1 atom stereocenters. The Bertz CT molecular complexity index is 349. The summed E-state index contributed by atoms with van der Waals surface area (Å²) in [6, 6.07) is 8.20. The number of carbonyl (C=O) groups excluding carboxylic acids is 1. The number of aliphatic carboxylic acids is 1. The third-order valence-electron chi connectivity index (χ3n) is 2.53. The van der Waals surface area contributed by atoms with E-state index in [0.29, 0.717) is 6.54 Å². The normalized spacial score (nSPS) is 12.8. The highest BCUT2D eigenvalue weighted by atomic mass is 79.9. The lowest BCUT2D eigenvalue weighted by atomic mass is 10.2. The number of carboxylic acid groups (broad SMARTS) is 1. The van der Waals surface area contributed by atoms with Crippen LogP contribution < -0.4 is 10.0 Å². The molecular weight excluding hydrogens is 270 g/mol. The second kappa shape index (κ2) is 6.01. The summed E-state index contributed by atoms with van der Waals surface area (Å²) in [6.07, 6.45) is 0. The fourth-order valence-corrected chi connectivity index (χ4v) is 1.78. The molecular formula is C12H16BrNO2.